The number of carbonyl (C=O) groups is 2. The first-order valence-corrected chi connectivity index (χ1v) is 11.2. The highest BCUT2D eigenvalue weighted by molar-refractivity contribution is 6.02. The van der Waals surface area contributed by atoms with Gasteiger partial charge in [0.2, 0.25) is 11.8 Å². The Labute approximate surface area is 185 Å². The Hall–Kier alpha value is -2.83. The van der Waals surface area contributed by atoms with E-state index in [-0.39, 0.29) is 48.5 Å². The monoisotopic (exact) mass is 446 g/mol. The molecule has 3 saturated carbocycles. The van der Waals surface area contributed by atoms with Gasteiger partial charge in [0.05, 0.1) is 24.1 Å². The molecule has 1 heterocycles. The van der Waals surface area contributed by atoms with Crippen LogP contribution in [0.1, 0.15) is 81.0 Å². The van der Waals surface area contributed by atoms with E-state index in [2.05, 4.69) is 16.5 Å². The number of nitriles is 1. The minimum absolute atomic E-state index is 0.0536. The molecule has 32 heavy (non-hydrogen) atoms. The fraction of sp³-hybridized carbons (Fsp3) is 0.682. The lowest BCUT2D eigenvalue weighted by Crippen LogP contribution is -2.39. The van der Waals surface area contributed by atoms with E-state index in [0.717, 1.165) is 18.6 Å². The molecule has 3 fully saturated rings. The van der Waals surface area contributed by atoms with Crippen molar-refractivity contribution < 1.29 is 18.4 Å². The van der Waals surface area contributed by atoms with Gasteiger partial charge in [-0.2, -0.15) is 10.4 Å². The molecule has 2 amide bonds. The molecule has 0 atom stereocenters. The highest BCUT2D eigenvalue weighted by Gasteiger charge is 2.39. The summed E-state index contributed by atoms with van der Waals surface area (Å²) < 4.78 is 28.4. The molecule has 4 rings (SSSR count). The third-order valence-corrected chi connectivity index (χ3v) is 6.87. The zero-order valence-corrected chi connectivity index (χ0v) is 17.9. The predicted molar refractivity (Wildman–Crippen MR) is 113 cm³/mol. The molecular weight excluding hydrogens is 418 g/mol. The van der Waals surface area contributed by atoms with Crippen molar-refractivity contribution in [3.05, 3.63) is 11.8 Å². The summed E-state index contributed by atoms with van der Waals surface area (Å²) in [4.78, 5) is 28.9. The van der Waals surface area contributed by atoms with Crippen molar-refractivity contribution in [2.24, 2.45) is 16.6 Å². The third kappa shape index (κ3) is 4.81. The number of nitrogens with zero attached hydrogens (tertiary/aromatic N) is 4. The second-order valence-corrected chi connectivity index (χ2v) is 9.31. The van der Waals surface area contributed by atoms with Crippen LogP contribution in [0.3, 0.4) is 0 Å². The van der Waals surface area contributed by atoms with Crippen LogP contribution in [0, 0.1) is 17.2 Å². The third-order valence-electron chi connectivity index (χ3n) is 6.87. The van der Waals surface area contributed by atoms with E-state index in [1.807, 2.05) is 0 Å². The minimum atomic E-state index is -2.57. The van der Waals surface area contributed by atoms with E-state index in [1.54, 1.807) is 4.68 Å². The number of aliphatic imine (C=N–C) groups is 1. The van der Waals surface area contributed by atoms with E-state index in [4.69, 9.17) is 10.7 Å². The van der Waals surface area contributed by atoms with Crippen molar-refractivity contribution in [3.8, 4) is 6.07 Å². The van der Waals surface area contributed by atoms with Crippen LogP contribution in [-0.2, 0) is 10.3 Å². The summed E-state index contributed by atoms with van der Waals surface area (Å²) in [6, 6.07) is 2.16. The van der Waals surface area contributed by atoms with E-state index in [1.165, 1.54) is 6.20 Å². The van der Waals surface area contributed by atoms with Crippen LogP contribution in [0.4, 0.5) is 14.6 Å². The molecule has 3 N–H and O–H groups in total. The van der Waals surface area contributed by atoms with E-state index in [9.17, 15) is 23.6 Å². The number of hydrogen-bond acceptors (Lipinski definition) is 5. The molecule has 3 aliphatic rings. The number of primary amides is 1. The molecule has 0 aromatic carbocycles. The molecule has 0 unspecified atom stereocenters. The molecule has 10 heteroatoms. The number of aromatic nitrogens is 2. The summed E-state index contributed by atoms with van der Waals surface area (Å²) in [5.74, 6) is -3.36. The summed E-state index contributed by atoms with van der Waals surface area (Å²) in [5, 5.41) is 16.6. The Kier molecular flexibility index (Phi) is 6.01. The number of nitrogens with one attached hydrogen (secondary N) is 1. The van der Waals surface area contributed by atoms with Crippen molar-refractivity contribution >= 4 is 23.3 Å². The maximum Gasteiger partial charge on any atom is 0.254 e. The van der Waals surface area contributed by atoms with Crippen molar-refractivity contribution in [1.82, 2.24) is 9.78 Å². The normalized spacial score (nSPS) is 25.7. The Morgan fingerprint density at radius 1 is 1.22 bits per heavy atom. The van der Waals surface area contributed by atoms with Gasteiger partial charge in [0, 0.05) is 30.7 Å². The highest BCUT2D eigenvalue weighted by atomic mass is 19.3. The topological polar surface area (TPSA) is 126 Å². The molecule has 1 aromatic heterocycles. The van der Waals surface area contributed by atoms with Gasteiger partial charge in [-0.1, -0.05) is 0 Å². The van der Waals surface area contributed by atoms with Crippen LogP contribution in [0.2, 0.25) is 0 Å². The van der Waals surface area contributed by atoms with E-state index in [0.29, 0.717) is 38.5 Å². The largest absolute Gasteiger partial charge is 0.365 e. The first-order chi connectivity index (χ1) is 15.2. The highest BCUT2D eigenvalue weighted by Crippen LogP contribution is 2.39. The smallest absolute Gasteiger partial charge is 0.254 e. The molecule has 0 bridgehead atoms. The maximum absolute atomic E-state index is 13.4. The number of nitrogens with two attached hydrogens (primary N) is 1. The Bertz CT molecular complexity index is 956. The van der Waals surface area contributed by atoms with Crippen LogP contribution in [0.25, 0.3) is 0 Å². The van der Waals surface area contributed by atoms with Gasteiger partial charge in [-0.25, -0.2) is 8.78 Å². The van der Waals surface area contributed by atoms with Crippen LogP contribution in [-0.4, -0.2) is 39.3 Å². The van der Waals surface area contributed by atoms with Gasteiger partial charge in [0.15, 0.2) is 5.82 Å². The zero-order valence-electron chi connectivity index (χ0n) is 17.9. The lowest BCUT2D eigenvalue weighted by molar-refractivity contribution is -0.117. The van der Waals surface area contributed by atoms with Gasteiger partial charge in [-0.15, -0.1) is 0 Å². The zero-order chi connectivity index (χ0) is 22.9. The molecule has 0 spiro atoms. The molecule has 0 radical (unpaired) electrons. The van der Waals surface area contributed by atoms with Crippen LogP contribution in [0.15, 0.2) is 11.2 Å². The molecule has 8 nitrogen and oxygen atoms in total. The van der Waals surface area contributed by atoms with Gasteiger partial charge >= 0.3 is 0 Å². The van der Waals surface area contributed by atoms with Crippen molar-refractivity contribution in [3.63, 3.8) is 0 Å². The molecule has 172 valence electrons. The second kappa shape index (κ2) is 8.60. The van der Waals surface area contributed by atoms with Crippen molar-refractivity contribution in [2.75, 3.05) is 5.32 Å². The summed E-state index contributed by atoms with van der Waals surface area (Å²) in [6.45, 7) is 0. The van der Waals surface area contributed by atoms with E-state index >= 15 is 0 Å². The number of anilines is 1. The maximum atomic E-state index is 13.4. The number of alkyl halides is 2. The van der Waals surface area contributed by atoms with Gasteiger partial charge in [-0.05, 0) is 51.4 Å². The first kappa shape index (κ1) is 22.4. The lowest BCUT2D eigenvalue weighted by atomic mass is 9.78. The Morgan fingerprint density at radius 3 is 2.44 bits per heavy atom. The first-order valence-electron chi connectivity index (χ1n) is 11.2. The number of rotatable bonds is 6. The van der Waals surface area contributed by atoms with Gasteiger partial charge in [0.1, 0.15) is 5.56 Å². The van der Waals surface area contributed by atoms with Gasteiger partial charge in [0.25, 0.3) is 5.91 Å². The quantitative estimate of drug-likeness (QED) is 0.693. The number of amides is 2. The average molecular weight is 447 g/mol. The standard InChI is InChI=1S/C22H28F2N6O2/c23-22(24)9-5-16(6-10-22)27-15-3-7-21(8-4-15,11-12-25)30-13-17(18(26)31)19(29-30)28-20(32)14-1-2-14/h13-14,16H,1-11H2,(H2,26,31)(H,28,29,32). The molecule has 3 aliphatic carbocycles. The Balaban J connectivity index is 1.50. The van der Waals surface area contributed by atoms with Crippen LogP contribution < -0.4 is 11.1 Å². The predicted octanol–water partition coefficient (Wildman–Crippen LogP) is 3.53. The number of halogens is 2. The van der Waals surface area contributed by atoms with Crippen molar-refractivity contribution in [1.29, 1.82) is 5.26 Å². The van der Waals surface area contributed by atoms with Gasteiger partial charge in [-0.3, -0.25) is 19.3 Å². The SMILES string of the molecule is N#CCC1(n2cc(C(N)=O)c(NC(=O)C3CC3)n2)CCC(=NC2CCC(F)(F)CC2)CC1. The molecular formula is C22H28F2N6O2. The minimum Gasteiger partial charge on any atom is -0.365 e. The summed E-state index contributed by atoms with van der Waals surface area (Å²) in [6.07, 6.45) is 6.31. The number of carbonyl (C=O) groups excluding carboxylic acids is 2. The summed E-state index contributed by atoms with van der Waals surface area (Å²) in [7, 11) is 0. The Morgan fingerprint density at radius 2 is 1.88 bits per heavy atom. The average Bonchev–Trinajstić information content (AvgIpc) is 3.51. The van der Waals surface area contributed by atoms with Crippen LogP contribution >= 0.6 is 0 Å². The fourth-order valence-electron chi connectivity index (χ4n) is 4.63. The van der Waals surface area contributed by atoms with Gasteiger partial charge < -0.3 is 11.1 Å². The summed E-state index contributed by atoms with van der Waals surface area (Å²) >= 11 is 0. The fourth-order valence-corrected chi connectivity index (χ4v) is 4.63. The molecule has 0 aliphatic heterocycles. The van der Waals surface area contributed by atoms with Crippen molar-refractivity contribution in [2.45, 2.75) is 88.1 Å². The van der Waals surface area contributed by atoms with Crippen LogP contribution in [0.5, 0.6) is 0 Å². The second-order valence-electron chi connectivity index (χ2n) is 9.31. The molecule has 0 saturated heterocycles. The number of hydrogen-bond donors (Lipinski definition) is 2. The molecule has 1 aromatic rings. The summed E-state index contributed by atoms with van der Waals surface area (Å²) in [5.41, 5.74) is 5.98. The van der Waals surface area contributed by atoms with E-state index < -0.39 is 17.4 Å². The lowest BCUT2D eigenvalue weighted by Gasteiger charge is -2.37.